The van der Waals surface area contributed by atoms with E-state index in [1.165, 1.54) is 0 Å². The van der Waals surface area contributed by atoms with E-state index >= 15 is 0 Å². The van der Waals surface area contributed by atoms with Gasteiger partial charge in [0.15, 0.2) is 0 Å². The molecular formula is C5H10N2O2. The van der Waals surface area contributed by atoms with Gasteiger partial charge in [-0.05, 0) is 13.9 Å². The van der Waals surface area contributed by atoms with Gasteiger partial charge in [0.25, 0.3) is 0 Å². The van der Waals surface area contributed by atoms with Crippen LogP contribution in [0.4, 0.5) is 0 Å². The number of rotatable bonds is 0. The molecule has 9 heavy (non-hydrogen) atoms. The van der Waals surface area contributed by atoms with Crippen LogP contribution in [0.25, 0.3) is 0 Å². The highest BCUT2D eigenvalue weighted by Gasteiger charge is 2.19. The summed E-state index contributed by atoms with van der Waals surface area (Å²) in [6.45, 7) is -0.852. The summed E-state index contributed by atoms with van der Waals surface area (Å²) in [5, 5.41) is 0. The van der Waals surface area contributed by atoms with Crippen LogP contribution in [0, 0.1) is 0 Å². The van der Waals surface area contributed by atoms with Crippen molar-refractivity contribution in [3.05, 3.63) is 0 Å². The Morgan fingerprint density at radius 1 is 2.11 bits per heavy atom. The van der Waals surface area contributed by atoms with E-state index in [1.807, 2.05) is 0 Å². The van der Waals surface area contributed by atoms with Gasteiger partial charge < -0.3 is 4.84 Å². The molecule has 1 saturated heterocycles. The van der Waals surface area contributed by atoms with Crippen molar-refractivity contribution in [2.45, 2.75) is 13.1 Å². The van der Waals surface area contributed by atoms with Gasteiger partial charge in [0.1, 0.15) is 0 Å². The zero-order valence-corrected chi connectivity index (χ0v) is 5.05. The van der Waals surface area contributed by atoms with E-state index in [1.54, 1.807) is 6.92 Å². The van der Waals surface area contributed by atoms with Gasteiger partial charge in [-0.25, -0.2) is 4.79 Å². The normalized spacial score (nSPS) is 36.3. The van der Waals surface area contributed by atoms with Crippen LogP contribution in [0.15, 0.2) is 0 Å². The molecule has 0 radical (unpaired) electrons. The largest absolute Gasteiger partial charge is 0.368 e. The molecule has 4 heteroatoms. The summed E-state index contributed by atoms with van der Waals surface area (Å²) in [6, 6.07) is 0. The molecule has 1 N–H and O–H groups in total. The molecule has 0 aromatic rings. The predicted octanol–water partition coefficient (Wildman–Crippen LogP) is -0.674. The molecule has 52 valence electrons. The van der Waals surface area contributed by atoms with Crippen molar-refractivity contribution in [2.24, 2.45) is 0 Å². The molecule has 1 fully saturated rings. The zero-order chi connectivity index (χ0) is 9.35. The Labute approximate surface area is 57.9 Å². The van der Waals surface area contributed by atoms with Crippen molar-refractivity contribution < 1.29 is 13.7 Å². The Kier molecular flexibility index (Phi) is 0.913. The highest BCUT2D eigenvalue weighted by Crippen LogP contribution is 1.96. The average molecular weight is 133 g/mol. The van der Waals surface area contributed by atoms with E-state index in [0.29, 0.717) is 0 Å². The molecule has 1 heterocycles. The molecule has 0 amide bonds. The van der Waals surface area contributed by atoms with Crippen LogP contribution in [0.1, 0.15) is 11.0 Å². The summed E-state index contributed by atoms with van der Waals surface area (Å²) in [5.41, 5.74) is 2.30. The zero-order valence-electron chi connectivity index (χ0n) is 8.05. The molecule has 4 nitrogen and oxygen atoms in total. The highest BCUT2D eigenvalue weighted by atomic mass is 16.7. The summed E-state index contributed by atoms with van der Waals surface area (Å²) in [7, 11) is 0. The van der Waals surface area contributed by atoms with Gasteiger partial charge in [0, 0.05) is 4.11 Å². The van der Waals surface area contributed by atoms with Crippen molar-refractivity contribution in [3.63, 3.8) is 0 Å². The van der Waals surface area contributed by atoms with E-state index in [0.717, 1.165) is 4.90 Å². The van der Waals surface area contributed by atoms with Crippen LogP contribution < -0.4 is 5.48 Å². The van der Waals surface area contributed by atoms with Gasteiger partial charge in [-0.3, -0.25) is 4.90 Å². The first-order valence-corrected chi connectivity index (χ1v) is 2.63. The maximum absolute atomic E-state index is 10.7. The molecule has 1 atom stereocenters. The second-order valence-electron chi connectivity index (χ2n) is 1.90. The lowest BCUT2D eigenvalue weighted by Gasteiger charge is -2.28. The average Bonchev–Trinajstić information content (AvgIpc) is 1.92. The summed E-state index contributed by atoms with van der Waals surface area (Å²) < 4.78 is 21.2. The third kappa shape index (κ3) is 1.40. The van der Waals surface area contributed by atoms with Gasteiger partial charge >= 0.3 is 5.97 Å². The minimum absolute atomic E-state index is 0.204. The second kappa shape index (κ2) is 2.33. The number of hydrogen-bond acceptors (Lipinski definition) is 4. The van der Waals surface area contributed by atoms with Gasteiger partial charge in [0.2, 0.25) is 0 Å². The standard InChI is InChI=1S/C5H10N2O2/c1-4-6-9-5(8)3-7(4)2/h4,6H,3H2,1-2H3/i2D3. The number of carbonyl (C=O) groups is 1. The Balaban J connectivity index is 2.67. The number of nitrogens with one attached hydrogen (secondary N) is 1. The first-order chi connectivity index (χ1) is 5.41. The van der Waals surface area contributed by atoms with E-state index < -0.39 is 19.1 Å². The first-order valence-electron chi connectivity index (χ1n) is 4.13. The molecule has 0 aromatic carbocycles. The Hall–Kier alpha value is -0.610. The lowest BCUT2D eigenvalue weighted by Crippen LogP contribution is -2.50. The van der Waals surface area contributed by atoms with Crippen molar-refractivity contribution in [3.8, 4) is 0 Å². The van der Waals surface area contributed by atoms with E-state index in [4.69, 9.17) is 4.11 Å². The van der Waals surface area contributed by atoms with Crippen LogP contribution in [0.2, 0.25) is 0 Å². The Bertz CT molecular complexity index is 194. The van der Waals surface area contributed by atoms with Crippen LogP contribution in [0.3, 0.4) is 0 Å². The maximum atomic E-state index is 10.7. The summed E-state index contributed by atoms with van der Waals surface area (Å²) in [5.74, 6) is -0.579. The molecule has 0 aromatic heterocycles. The van der Waals surface area contributed by atoms with Gasteiger partial charge in [-0.1, -0.05) is 0 Å². The summed E-state index contributed by atoms with van der Waals surface area (Å²) >= 11 is 0. The van der Waals surface area contributed by atoms with E-state index in [2.05, 4.69) is 10.3 Å². The predicted molar refractivity (Wildman–Crippen MR) is 31.3 cm³/mol. The fraction of sp³-hybridized carbons (Fsp3) is 0.800. The van der Waals surface area contributed by atoms with Crippen molar-refractivity contribution in [2.75, 3.05) is 13.5 Å². The van der Waals surface area contributed by atoms with Crippen LogP contribution in [-0.4, -0.2) is 30.6 Å². The van der Waals surface area contributed by atoms with Crippen LogP contribution in [-0.2, 0) is 9.63 Å². The first kappa shape index (κ1) is 3.53. The van der Waals surface area contributed by atoms with E-state index in [-0.39, 0.29) is 6.54 Å². The smallest absolute Gasteiger partial charge is 0.338 e. The minimum Gasteiger partial charge on any atom is -0.368 e. The lowest BCUT2D eigenvalue weighted by atomic mass is 10.4. The van der Waals surface area contributed by atoms with Crippen molar-refractivity contribution in [1.29, 1.82) is 0 Å². The molecule has 1 unspecified atom stereocenters. The highest BCUT2D eigenvalue weighted by molar-refractivity contribution is 5.71. The molecule has 0 bridgehead atoms. The summed E-state index contributed by atoms with van der Waals surface area (Å²) in [4.78, 5) is 16.2. The molecule has 0 spiro atoms. The molecule has 0 saturated carbocycles. The Morgan fingerprint density at radius 3 is 3.44 bits per heavy atom. The van der Waals surface area contributed by atoms with Gasteiger partial charge in [-0.15, -0.1) is 5.48 Å². The van der Waals surface area contributed by atoms with Crippen LogP contribution in [0.5, 0.6) is 0 Å². The Morgan fingerprint density at radius 2 is 2.89 bits per heavy atom. The molecule has 1 aliphatic heterocycles. The SMILES string of the molecule is [2H]C([2H])([2H])N1CC(=O)ONC1C. The maximum Gasteiger partial charge on any atom is 0.338 e. The topological polar surface area (TPSA) is 41.6 Å². The van der Waals surface area contributed by atoms with Gasteiger partial charge in [0.05, 0.1) is 12.7 Å². The third-order valence-corrected chi connectivity index (χ3v) is 1.11. The van der Waals surface area contributed by atoms with Gasteiger partial charge in [-0.2, -0.15) is 0 Å². The lowest BCUT2D eigenvalue weighted by molar-refractivity contribution is -0.167. The molecule has 0 aliphatic carbocycles. The fourth-order valence-electron chi connectivity index (χ4n) is 0.523. The number of hydrogen-bond donors (Lipinski definition) is 1. The minimum atomic E-state index is -2.26. The number of hydroxylamine groups is 1. The molecular weight excluding hydrogens is 120 g/mol. The summed E-state index contributed by atoms with van der Waals surface area (Å²) in [6.07, 6.45) is -0.477. The van der Waals surface area contributed by atoms with Crippen molar-refractivity contribution >= 4 is 5.97 Å². The quantitative estimate of drug-likeness (QED) is 0.475. The molecule has 1 rings (SSSR count). The number of nitrogens with zero attached hydrogens (tertiary/aromatic N) is 1. The monoisotopic (exact) mass is 133 g/mol. The number of carbonyl (C=O) groups excluding carboxylic acids is 1. The third-order valence-electron chi connectivity index (χ3n) is 1.11. The van der Waals surface area contributed by atoms with E-state index in [9.17, 15) is 4.79 Å². The number of likely N-dealkylation sites (N-methyl/N-ethyl adjacent to an activating group) is 1. The fourth-order valence-corrected chi connectivity index (χ4v) is 0.523. The van der Waals surface area contributed by atoms with Crippen molar-refractivity contribution in [1.82, 2.24) is 10.4 Å². The second-order valence-corrected chi connectivity index (χ2v) is 1.90. The van der Waals surface area contributed by atoms with Crippen LogP contribution >= 0.6 is 0 Å². The molecule has 1 aliphatic rings.